The largest absolute Gasteiger partial charge is 0.450 e. The zero-order chi connectivity index (χ0) is 15.6. The summed E-state index contributed by atoms with van der Waals surface area (Å²) in [7, 11) is 0. The van der Waals surface area contributed by atoms with Crippen molar-refractivity contribution in [1.82, 2.24) is 0 Å². The molecule has 0 saturated heterocycles. The van der Waals surface area contributed by atoms with Crippen LogP contribution in [0.5, 0.6) is 11.5 Å². The van der Waals surface area contributed by atoms with Crippen molar-refractivity contribution in [1.29, 1.82) is 0 Å². The second-order valence-electron chi connectivity index (χ2n) is 4.32. The number of halogens is 1. The predicted molar refractivity (Wildman–Crippen MR) is 80.6 cm³/mol. The second kappa shape index (κ2) is 5.92. The highest BCUT2D eigenvalue weighted by molar-refractivity contribution is 9.10. The minimum Gasteiger partial charge on any atom is -0.450 e. The van der Waals surface area contributed by atoms with Crippen LogP contribution in [-0.2, 0) is 0 Å². The molecule has 7 heteroatoms. The summed E-state index contributed by atoms with van der Waals surface area (Å²) in [5.74, 6) is -0.221. The quantitative estimate of drug-likeness (QED) is 0.673. The Kier molecular flexibility index (Phi) is 4.23. The van der Waals surface area contributed by atoms with Crippen LogP contribution in [0.2, 0.25) is 0 Å². The summed E-state index contributed by atoms with van der Waals surface area (Å²) in [6, 6.07) is 9.06. The molecule has 0 spiro atoms. The lowest BCUT2D eigenvalue weighted by Gasteiger charge is -2.08. The van der Waals surface area contributed by atoms with Gasteiger partial charge in [-0.1, -0.05) is 15.9 Å². The van der Waals surface area contributed by atoms with Gasteiger partial charge in [-0.2, -0.15) is 0 Å². The molecule has 108 valence electrons. The van der Waals surface area contributed by atoms with E-state index in [2.05, 4.69) is 15.9 Å². The molecule has 0 aliphatic rings. The van der Waals surface area contributed by atoms with Gasteiger partial charge in [-0.3, -0.25) is 14.9 Å². The molecule has 0 atom stereocenters. The fourth-order valence-corrected chi connectivity index (χ4v) is 1.95. The van der Waals surface area contributed by atoms with Crippen LogP contribution < -0.4 is 10.5 Å². The average Bonchev–Trinajstić information content (AvgIpc) is 2.43. The molecule has 0 saturated carbocycles. The molecule has 0 heterocycles. The van der Waals surface area contributed by atoms with Gasteiger partial charge in [0, 0.05) is 16.1 Å². The first kappa shape index (κ1) is 15.0. The zero-order valence-corrected chi connectivity index (χ0v) is 12.6. The van der Waals surface area contributed by atoms with Crippen molar-refractivity contribution in [2.75, 3.05) is 0 Å². The Morgan fingerprint density at radius 2 is 2.00 bits per heavy atom. The van der Waals surface area contributed by atoms with Gasteiger partial charge in [-0.15, -0.1) is 0 Å². The Bertz CT molecular complexity index is 731. The van der Waals surface area contributed by atoms with Crippen LogP contribution in [0.1, 0.15) is 15.9 Å². The van der Waals surface area contributed by atoms with E-state index in [1.165, 1.54) is 12.1 Å². The first-order chi connectivity index (χ1) is 9.88. The summed E-state index contributed by atoms with van der Waals surface area (Å²) in [6.45, 7) is 1.88. The van der Waals surface area contributed by atoms with Gasteiger partial charge in [0.2, 0.25) is 11.7 Å². The van der Waals surface area contributed by atoms with Crippen molar-refractivity contribution in [3.05, 3.63) is 62.1 Å². The maximum absolute atomic E-state index is 11.1. The molecule has 0 bridgehead atoms. The van der Waals surface area contributed by atoms with Gasteiger partial charge in [0.25, 0.3) is 0 Å². The van der Waals surface area contributed by atoms with Crippen LogP contribution in [0, 0.1) is 17.0 Å². The molecule has 0 aromatic heterocycles. The summed E-state index contributed by atoms with van der Waals surface area (Å²) in [4.78, 5) is 21.5. The number of nitro groups is 1. The lowest BCUT2D eigenvalue weighted by molar-refractivity contribution is -0.385. The van der Waals surface area contributed by atoms with Gasteiger partial charge >= 0.3 is 5.69 Å². The summed E-state index contributed by atoms with van der Waals surface area (Å²) in [5.41, 5.74) is 5.79. The van der Waals surface area contributed by atoms with Gasteiger partial charge in [-0.05, 0) is 42.8 Å². The number of rotatable bonds is 4. The monoisotopic (exact) mass is 350 g/mol. The van der Waals surface area contributed by atoms with Crippen molar-refractivity contribution in [2.45, 2.75) is 6.92 Å². The maximum atomic E-state index is 11.1. The molecule has 1 amide bonds. The molecule has 2 aromatic carbocycles. The molecule has 0 radical (unpaired) electrons. The normalized spacial score (nSPS) is 10.2. The van der Waals surface area contributed by atoms with E-state index in [0.717, 1.165) is 16.1 Å². The van der Waals surface area contributed by atoms with E-state index in [9.17, 15) is 14.9 Å². The Hall–Kier alpha value is -2.41. The molecule has 0 aliphatic heterocycles. The number of benzene rings is 2. The molecule has 2 N–H and O–H groups in total. The topological polar surface area (TPSA) is 95.5 Å². The van der Waals surface area contributed by atoms with Crippen molar-refractivity contribution in [3.8, 4) is 11.5 Å². The van der Waals surface area contributed by atoms with Gasteiger partial charge in [0.15, 0.2) is 0 Å². The molecule has 6 nitrogen and oxygen atoms in total. The lowest BCUT2D eigenvalue weighted by atomic mass is 10.2. The van der Waals surface area contributed by atoms with E-state index >= 15 is 0 Å². The van der Waals surface area contributed by atoms with E-state index in [0.29, 0.717) is 5.75 Å². The number of carbonyl (C=O) groups is 1. The minimum atomic E-state index is -0.732. The number of primary amides is 1. The fraction of sp³-hybridized carbons (Fsp3) is 0.0714. The average molecular weight is 351 g/mol. The van der Waals surface area contributed by atoms with Crippen molar-refractivity contribution < 1.29 is 14.5 Å². The Morgan fingerprint density at radius 1 is 1.29 bits per heavy atom. The van der Waals surface area contributed by atoms with Crippen molar-refractivity contribution in [3.63, 3.8) is 0 Å². The molecule has 0 unspecified atom stereocenters. The summed E-state index contributed by atoms with van der Waals surface area (Å²) >= 11 is 3.36. The standard InChI is InChI=1S/C14H11BrN2O4/c1-8-6-10(3-4-11(8)15)21-13-5-2-9(14(16)18)7-12(13)17(19)20/h2-7H,1H3,(H2,16,18). The third kappa shape index (κ3) is 3.38. The molecule has 0 fully saturated rings. The third-order valence-electron chi connectivity index (χ3n) is 2.80. The SMILES string of the molecule is Cc1cc(Oc2ccc(C(N)=O)cc2[N+](=O)[O-])ccc1Br. The number of nitrogens with zero attached hydrogens (tertiary/aromatic N) is 1. The summed E-state index contributed by atoms with van der Waals surface area (Å²) in [5, 5.41) is 11.1. The summed E-state index contributed by atoms with van der Waals surface area (Å²) < 4.78 is 6.44. The summed E-state index contributed by atoms with van der Waals surface area (Å²) in [6.07, 6.45) is 0. The van der Waals surface area contributed by atoms with Gasteiger partial charge < -0.3 is 10.5 Å². The van der Waals surface area contributed by atoms with Gasteiger partial charge in [0.05, 0.1) is 4.92 Å². The molecular weight excluding hydrogens is 340 g/mol. The number of nitrogens with two attached hydrogens (primary N) is 1. The van der Waals surface area contributed by atoms with E-state index in [-0.39, 0.29) is 17.0 Å². The van der Waals surface area contributed by atoms with Crippen LogP contribution in [-0.4, -0.2) is 10.8 Å². The Morgan fingerprint density at radius 3 is 2.57 bits per heavy atom. The Labute approximate surface area is 128 Å². The third-order valence-corrected chi connectivity index (χ3v) is 3.69. The van der Waals surface area contributed by atoms with Crippen molar-refractivity contribution in [2.24, 2.45) is 5.73 Å². The second-order valence-corrected chi connectivity index (χ2v) is 5.17. The number of carbonyl (C=O) groups excluding carboxylic acids is 1. The number of ether oxygens (including phenoxy) is 1. The Balaban J connectivity index is 2.41. The van der Waals surface area contributed by atoms with Crippen LogP contribution in [0.25, 0.3) is 0 Å². The number of hydrogen-bond donors (Lipinski definition) is 1. The van der Waals surface area contributed by atoms with E-state index < -0.39 is 10.8 Å². The number of amides is 1. The highest BCUT2D eigenvalue weighted by Crippen LogP contribution is 2.33. The first-order valence-electron chi connectivity index (χ1n) is 5.90. The highest BCUT2D eigenvalue weighted by Gasteiger charge is 2.18. The fourth-order valence-electron chi connectivity index (χ4n) is 1.71. The van der Waals surface area contributed by atoms with E-state index in [1.54, 1.807) is 18.2 Å². The van der Waals surface area contributed by atoms with E-state index in [1.807, 2.05) is 6.92 Å². The predicted octanol–water partition coefficient (Wildman–Crippen LogP) is 3.56. The molecule has 21 heavy (non-hydrogen) atoms. The molecule has 2 rings (SSSR count). The number of hydrogen-bond acceptors (Lipinski definition) is 4. The maximum Gasteiger partial charge on any atom is 0.312 e. The number of aryl methyl sites for hydroxylation is 1. The van der Waals surface area contributed by atoms with E-state index in [4.69, 9.17) is 10.5 Å². The zero-order valence-electron chi connectivity index (χ0n) is 11.0. The van der Waals surface area contributed by atoms with Crippen LogP contribution in [0.4, 0.5) is 5.69 Å². The molecule has 0 aliphatic carbocycles. The van der Waals surface area contributed by atoms with Gasteiger partial charge in [0.1, 0.15) is 5.75 Å². The number of nitro benzene ring substituents is 1. The van der Waals surface area contributed by atoms with Crippen LogP contribution in [0.15, 0.2) is 40.9 Å². The smallest absolute Gasteiger partial charge is 0.312 e. The molecule has 2 aromatic rings. The highest BCUT2D eigenvalue weighted by atomic mass is 79.9. The van der Waals surface area contributed by atoms with Crippen LogP contribution >= 0.6 is 15.9 Å². The van der Waals surface area contributed by atoms with Crippen molar-refractivity contribution >= 4 is 27.5 Å². The minimum absolute atomic E-state index is 0.0479. The van der Waals surface area contributed by atoms with Gasteiger partial charge in [-0.25, -0.2) is 0 Å². The lowest BCUT2D eigenvalue weighted by Crippen LogP contribution is -2.11. The molecular formula is C14H11BrN2O4. The van der Waals surface area contributed by atoms with Crippen LogP contribution in [0.3, 0.4) is 0 Å². The first-order valence-corrected chi connectivity index (χ1v) is 6.70.